The van der Waals surface area contributed by atoms with Crippen molar-refractivity contribution < 1.29 is 33.7 Å². The summed E-state index contributed by atoms with van der Waals surface area (Å²) in [7, 11) is 0. The van der Waals surface area contributed by atoms with E-state index in [1.807, 2.05) is 0 Å². The number of hydrogen-bond donors (Lipinski definition) is 0. The van der Waals surface area contributed by atoms with Crippen molar-refractivity contribution in [3.63, 3.8) is 0 Å². The second-order valence-electron chi connectivity index (χ2n) is 5.55. The number of carbonyl (C=O) groups excluding carboxylic acids is 2. The van der Waals surface area contributed by atoms with Gasteiger partial charge < -0.3 is 19.0 Å². The van der Waals surface area contributed by atoms with Gasteiger partial charge in [-0.3, -0.25) is 0 Å². The van der Waals surface area contributed by atoms with Gasteiger partial charge in [0, 0.05) is 0 Å². The number of ether oxygens (including phenoxy) is 3. The van der Waals surface area contributed by atoms with Crippen LogP contribution in [-0.4, -0.2) is 35.6 Å². The molecule has 30 heavy (non-hydrogen) atoms. The first kappa shape index (κ1) is 22.5. The van der Waals surface area contributed by atoms with Crippen molar-refractivity contribution in [2.24, 2.45) is 4.99 Å². The maximum atomic E-state index is 12.4. The number of thiocarbonyl (C=S) groups is 1. The lowest BCUT2D eigenvalue weighted by molar-refractivity contribution is -0.757. The number of para-hydroxylation sites is 1. The van der Waals surface area contributed by atoms with E-state index in [0.29, 0.717) is 18.5 Å². The molecule has 0 heterocycles. The number of unbranched alkanes of at least 4 members (excludes halogenated alkanes) is 1. The third-order valence-electron chi connectivity index (χ3n) is 3.48. The minimum atomic E-state index is -1.02. The Bertz CT molecular complexity index is 942. The Morgan fingerprint density at radius 1 is 1.03 bits per heavy atom. The summed E-state index contributed by atoms with van der Waals surface area (Å²) in [4.78, 5) is 42.2. The van der Waals surface area contributed by atoms with Crippen molar-refractivity contribution in [2.75, 3.05) is 13.2 Å². The van der Waals surface area contributed by atoms with Crippen LogP contribution in [0.15, 0.2) is 53.5 Å². The maximum Gasteiger partial charge on any atom is 0.513 e. The molecule has 0 aliphatic rings. The maximum absolute atomic E-state index is 12.4. The third-order valence-corrected chi connectivity index (χ3v) is 3.57. The fourth-order valence-electron chi connectivity index (χ4n) is 2.15. The summed E-state index contributed by atoms with van der Waals surface area (Å²) >= 11 is 4.52. The summed E-state index contributed by atoms with van der Waals surface area (Å²) in [6, 6.07) is 12.3. The van der Waals surface area contributed by atoms with Gasteiger partial charge in [0.05, 0.1) is 24.1 Å². The highest BCUT2D eigenvalue weighted by Crippen LogP contribution is 2.23. The summed E-state index contributed by atoms with van der Waals surface area (Å²) < 4.78 is 15.2. The minimum Gasteiger partial charge on any atom is -0.434 e. The van der Waals surface area contributed by atoms with Gasteiger partial charge in [0.1, 0.15) is 17.1 Å². The van der Waals surface area contributed by atoms with Crippen LogP contribution in [0.25, 0.3) is 0 Å². The number of aliphatic imine (C=N–C) groups is 1. The van der Waals surface area contributed by atoms with Crippen molar-refractivity contribution in [3.8, 4) is 11.5 Å². The first-order valence-electron chi connectivity index (χ1n) is 8.60. The average Bonchev–Trinajstić information content (AvgIpc) is 2.72. The first-order chi connectivity index (χ1) is 14.5. The van der Waals surface area contributed by atoms with E-state index in [1.54, 1.807) is 24.3 Å². The Labute approximate surface area is 176 Å². The van der Waals surface area contributed by atoms with Gasteiger partial charge in [-0.25, -0.2) is 9.59 Å². The van der Waals surface area contributed by atoms with Gasteiger partial charge in [0.15, 0.2) is 0 Å². The van der Waals surface area contributed by atoms with Crippen LogP contribution in [0, 0.1) is 10.1 Å². The van der Waals surface area contributed by atoms with Gasteiger partial charge >= 0.3 is 12.1 Å². The van der Waals surface area contributed by atoms with E-state index in [-0.39, 0.29) is 30.3 Å². The van der Waals surface area contributed by atoms with Crippen LogP contribution < -0.4 is 9.47 Å². The molecule has 10 nitrogen and oxygen atoms in total. The minimum absolute atomic E-state index is 0.0230. The Balaban J connectivity index is 1.89. The van der Waals surface area contributed by atoms with Crippen molar-refractivity contribution in [3.05, 3.63) is 64.2 Å². The molecule has 0 fully saturated rings. The number of benzene rings is 2. The van der Waals surface area contributed by atoms with E-state index in [9.17, 15) is 19.7 Å². The smallest absolute Gasteiger partial charge is 0.434 e. The van der Waals surface area contributed by atoms with Gasteiger partial charge in [-0.15, -0.1) is 10.1 Å². The van der Waals surface area contributed by atoms with Crippen LogP contribution in [0.1, 0.15) is 23.2 Å². The van der Waals surface area contributed by atoms with Gasteiger partial charge in [-0.05, 0) is 61.5 Å². The molecule has 0 radical (unpaired) electrons. The molecule has 2 rings (SSSR count). The van der Waals surface area contributed by atoms with Gasteiger partial charge in [-0.1, -0.05) is 12.1 Å². The molecule has 0 bridgehead atoms. The zero-order chi connectivity index (χ0) is 21.8. The number of esters is 1. The summed E-state index contributed by atoms with van der Waals surface area (Å²) in [5, 5.41) is 11.4. The molecule has 0 aromatic heterocycles. The second-order valence-corrected chi connectivity index (χ2v) is 5.73. The molecule has 2 aromatic carbocycles. The Hall–Kier alpha value is -3.82. The molecule has 0 amide bonds. The van der Waals surface area contributed by atoms with Crippen molar-refractivity contribution >= 4 is 35.2 Å². The largest absolute Gasteiger partial charge is 0.513 e. The molecule has 0 saturated carbocycles. The van der Waals surface area contributed by atoms with Crippen molar-refractivity contribution in [1.29, 1.82) is 0 Å². The zero-order valence-corrected chi connectivity index (χ0v) is 16.3. The van der Waals surface area contributed by atoms with E-state index >= 15 is 0 Å². The quantitative estimate of drug-likeness (QED) is 0.0795. The number of isothiocyanates is 1. The summed E-state index contributed by atoms with van der Waals surface area (Å²) in [5.74, 6) is -0.509. The third kappa shape index (κ3) is 7.66. The number of nitrogens with zero attached hydrogens (tertiary/aromatic N) is 2. The fraction of sp³-hybridized carbons (Fsp3) is 0.211. The predicted octanol–water partition coefficient (Wildman–Crippen LogP) is 4.14. The van der Waals surface area contributed by atoms with Crippen LogP contribution in [0.5, 0.6) is 11.5 Å². The summed E-state index contributed by atoms with van der Waals surface area (Å²) in [5.41, 5.74) is 0.580. The van der Waals surface area contributed by atoms with Crippen LogP contribution in [0.4, 0.5) is 10.5 Å². The second kappa shape index (κ2) is 11.9. The molecule has 0 spiro atoms. The molecule has 0 N–H and O–H groups in total. The van der Waals surface area contributed by atoms with E-state index in [0.717, 1.165) is 0 Å². The highest BCUT2D eigenvalue weighted by atomic mass is 32.1. The van der Waals surface area contributed by atoms with E-state index in [1.165, 1.54) is 24.3 Å². The van der Waals surface area contributed by atoms with E-state index in [2.05, 4.69) is 27.2 Å². The van der Waals surface area contributed by atoms with E-state index < -0.39 is 17.2 Å². The van der Waals surface area contributed by atoms with Crippen LogP contribution in [-0.2, 0) is 9.57 Å². The Morgan fingerprint density at radius 3 is 2.43 bits per heavy atom. The molecule has 0 atom stereocenters. The highest BCUT2D eigenvalue weighted by molar-refractivity contribution is 7.78. The Morgan fingerprint density at radius 2 is 1.73 bits per heavy atom. The van der Waals surface area contributed by atoms with E-state index in [4.69, 9.17) is 14.2 Å². The van der Waals surface area contributed by atoms with Crippen LogP contribution in [0.3, 0.4) is 0 Å². The average molecular weight is 432 g/mol. The lowest BCUT2D eigenvalue weighted by Crippen LogP contribution is -2.16. The predicted molar refractivity (Wildman–Crippen MR) is 107 cm³/mol. The normalized spacial score (nSPS) is 9.73. The van der Waals surface area contributed by atoms with Crippen molar-refractivity contribution in [2.45, 2.75) is 12.8 Å². The molecule has 2 aromatic rings. The molecular formula is C19H16N2O8S. The number of carbonyl (C=O) groups is 2. The standard InChI is InChI=1S/C19H16N2O8S/c22-18(28-15-9-7-14(8-10-15)20-13-30)16-5-1-2-6-17(16)29-19(23)26-11-3-4-12-27-21(24)25/h1-2,5-10H,3-4,11-12H2. The first-order valence-corrected chi connectivity index (χ1v) is 9.01. The molecule has 11 heteroatoms. The molecule has 0 unspecified atom stereocenters. The lowest BCUT2D eigenvalue weighted by atomic mass is 10.2. The molecule has 0 aliphatic carbocycles. The Kier molecular flexibility index (Phi) is 8.91. The molecule has 0 saturated heterocycles. The molecule has 156 valence electrons. The molecule has 0 aliphatic heterocycles. The summed E-state index contributed by atoms with van der Waals surface area (Å²) in [6.45, 7) is -0.123. The van der Waals surface area contributed by atoms with Gasteiger partial charge in [-0.2, -0.15) is 4.99 Å². The highest BCUT2D eigenvalue weighted by Gasteiger charge is 2.17. The zero-order valence-electron chi connectivity index (χ0n) is 15.5. The van der Waals surface area contributed by atoms with Crippen LogP contribution >= 0.6 is 12.2 Å². The monoisotopic (exact) mass is 432 g/mol. The fourth-order valence-corrected chi connectivity index (χ4v) is 2.25. The lowest BCUT2D eigenvalue weighted by Gasteiger charge is -2.10. The van der Waals surface area contributed by atoms with Gasteiger partial charge in [0.25, 0.3) is 5.09 Å². The van der Waals surface area contributed by atoms with Gasteiger partial charge in [0.2, 0.25) is 0 Å². The number of hydrogen-bond acceptors (Lipinski definition) is 10. The number of rotatable bonds is 10. The summed E-state index contributed by atoms with van der Waals surface area (Å²) in [6.07, 6.45) is -0.352. The van der Waals surface area contributed by atoms with Crippen molar-refractivity contribution in [1.82, 2.24) is 0 Å². The SMILES string of the molecule is O=C(OCCCCO[N+](=O)[O-])Oc1ccccc1C(=O)Oc1ccc(N=C=S)cc1. The molecular weight excluding hydrogens is 416 g/mol. The topological polar surface area (TPSA) is 127 Å². The van der Waals surface area contributed by atoms with Crippen LogP contribution in [0.2, 0.25) is 0 Å².